The Morgan fingerprint density at radius 1 is 1.29 bits per heavy atom. The summed E-state index contributed by atoms with van der Waals surface area (Å²) >= 11 is 0. The van der Waals surface area contributed by atoms with Crippen molar-refractivity contribution in [2.24, 2.45) is 17.1 Å². The summed E-state index contributed by atoms with van der Waals surface area (Å²) in [4.78, 5) is 0. The largest absolute Gasteiger partial charge is 0.330 e. The Bertz CT molecular complexity index is 376. The van der Waals surface area contributed by atoms with Gasteiger partial charge in [-0.2, -0.15) is 0 Å². The van der Waals surface area contributed by atoms with E-state index in [2.05, 4.69) is 39.0 Å². The van der Waals surface area contributed by atoms with E-state index in [1.54, 1.807) is 0 Å². The van der Waals surface area contributed by atoms with Gasteiger partial charge in [-0.15, -0.1) is 0 Å². The Balaban J connectivity index is 2.25. The summed E-state index contributed by atoms with van der Waals surface area (Å²) < 4.78 is 0. The van der Waals surface area contributed by atoms with Crippen LogP contribution in [0, 0.1) is 25.2 Å². The molecule has 94 valence electrons. The lowest BCUT2D eigenvalue weighted by molar-refractivity contribution is 0.294. The van der Waals surface area contributed by atoms with Crippen LogP contribution in [-0.4, -0.2) is 6.54 Å². The minimum absolute atomic E-state index is 0.371. The Kier molecular flexibility index (Phi) is 3.58. The zero-order valence-corrected chi connectivity index (χ0v) is 11.4. The molecular weight excluding hydrogens is 206 g/mol. The number of nitrogens with two attached hydrogens (primary N) is 1. The molecule has 2 atom stereocenters. The second kappa shape index (κ2) is 4.81. The molecule has 1 heteroatoms. The molecule has 1 aromatic carbocycles. The summed E-state index contributed by atoms with van der Waals surface area (Å²) in [6.07, 6.45) is 5.13. The van der Waals surface area contributed by atoms with Crippen LogP contribution in [0.25, 0.3) is 0 Å². The molecule has 0 radical (unpaired) electrons. The standard InChI is InChI=1S/C16H25N/c1-12-7-8-16(9-12,11-17)10-15-13(2)5-4-6-14(15)3/h4-6,12H,7-11,17H2,1-3H3. The molecule has 1 fully saturated rings. The minimum atomic E-state index is 0.371. The van der Waals surface area contributed by atoms with E-state index in [0.717, 1.165) is 12.5 Å². The molecular formula is C16H25N. The van der Waals surface area contributed by atoms with Gasteiger partial charge in [0.2, 0.25) is 0 Å². The highest BCUT2D eigenvalue weighted by molar-refractivity contribution is 5.34. The van der Waals surface area contributed by atoms with Gasteiger partial charge in [0.25, 0.3) is 0 Å². The maximum Gasteiger partial charge on any atom is -0.00172 e. The van der Waals surface area contributed by atoms with Gasteiger partial charge in [0, 0.05) is 0 Å². The highest BCUT2D eigenvalue weighted by atomic mass is 14.6. The van der Waals surface area contributed by atoms with Crippen LogP contribution < -0.4 is 5.73 Å². The Hall–Kier alpha value is -0.820. The van der Waals surface area contributed by atoms with Crippen LogP contribution in [0.1, 0.15) is 42.9 Å². The molecule has 0 heterocycles. The quantitative estimate of drug-likeness (QED) is 0.845. The number of benzene rings is 1. The first-order valence-corrected chi connectivity index (χ1v) is 6.81. The van der Waals surface area contributed by atoms with Crippen molar-refractivity contribution < 1.29 is 0 Å². The van der Waals surface area contributed by atoms with E-state index >= 15 is 0 Å². The van der Waals surface area contributed by atoms with Gasteiger partial charge in [0.15, 0.2) is 0 Å². The normalized spacial score (nSPS) is 28.6. The van der Waals surface area contributed by atoms with Crippen molar-refractivity contribution in [3.63, 3.8) is 0 Å². The van der Waals surface area contributed by atoms with Gasteiger partial charge in [0.05, 0.1) is 0 Å². The Morgan fingerprint density at radius 2 is 1.94 bits per heavy atom. The molecule has 1 saturated carbocycles. The number of rotatable bonds is 3. The van der Waals surface area contributed by atoms with Gasteiger partial charge in [-0.25, -0.2) is 0 Å². The number of hydrogen-bond donors (Lipinski definition) is 1. The SMILES string of the molecule is Cc1cccc(C)c1CC1(CN)CCC(C)C1. The lowest BCUT2D eigenvalue weighted by Crippen LogP contribution is -2.30. The lowest BCUT2D eigenvalue weighted by Gasteiger charge is -2.29. The van der Waals surface area contributed by atoms with Crippen LogP contribution in [0.4, 0.5) is 0 Å². The van der Waals surface area contributed by atoms with Crippen LogP contribution in [-0.2, 0) is 6.42 Å². The van der Waals surface area contributed by atoms with Crippen molar-refractivity contribution in [3.05, 3.63) is 34.9 Å². The maximum absolute atomic E-state index is 6.08. The van der Waals surface area contributed by atoms with E-state index in [0.29, 0.717) is 5.41 Å². The van der Waals surface area contributed by atoms with Crippen LogP contribution in [0.3, 0.4) is 0 Å². The molecule has 0 aromatic heterocycles. The highest BCUT2D eigenvalue weighted by Crippen LogP contribution is 2.44. The molecule has 1 aromatic rings. The molecule has 0 spiro atoms. The average molecular weight is 231 g/mol. The van der Waals surface area contributed by atoms with E-state index in [4.69, 9.17) is 5.73 Å². The van der Waals surface area contributed by atoms with Gasteiger partial charge < -0.3 is 5.73 Å². The van der Waals surface area contributed by atoms with Crippen LogP contribution in [0.15, 0.2) is 18.2 Å². The van der Waals surface area contributed by atoms with E-state index in [-0.39, 0.29) is 0 Å². The number of hydrogen-bond acceptors (Lipinski definition) is 1. The van der Waals surface area contributed by atoms with E-state index in [9.17, 15) is 0 Å². The van der Waals surface area contributed by atoms with Gasteiger partial charge in [-0.3, -0.25) is 0 Å². The first-order chi connectivity index (χ1) is 8.06. The van der Waals surface area contributed by atoms with Crippen molar-refractivity contribution in [1.29, 1.82) is 0 Å². The summed E-state index contributed by atoms with van der Waals surface area (Å²) in [5.41, 5.74) is 10.8. The van der Waals surface area contributed by atoms with E-state index < -0.39 is 0 Å². The van der Waals surface area contributed by atoms with Crippen molar-refractivity contribution in [3.8, 4) is 0 Å². The first kappa shape index (κ1) is 12.6. The molecule has 0 bridgehead atoms. The van der Waals surface area contributed by atoms with Gasteiger partial charge >= 0.3 is 0 Å². The van der Waals surface area contributed by atoms with E-state index in [1.165, 1.54) is 42.4 Å². The summed E-state index contributed by atoms with van der Waals surface area (Å²) in [5.74, 6) is 0.850. The van der Waals surface area contributed by atoms with Crippen molar-refractivity contribution >= 4 is 0 Å². The fourth-order valence-corrected chi connectivity index (χ4v) is 3.42. The third kappa shape index (κ3) is 2.55. The van der Waals surface area contributed by atoms with Crippen LogP contribution in [0.5, 0.6) is 0 Å². The van der Waals surface area contributed by atoms with Gasteiger partial charge in [-0.1, -0.05) is 31.5 Å². The molecule has 0 saturated heterocycles. The molecule has 1 aliphatic rings. The molecule has 1 nitrogen and oxygen atoms in total. The maximum atomic E-state index is 6.08. The predicted molar refractivity (Wildman–Crippen MR) is 74.1 cm³/mol. The second-order valence-corrected chi connectivity index (χ2v) is 6.10. The summed E-state index contributed by atoms with van der Waals surface area (Å²) in [6, 6.07) is 6.61. The van der Waals surface area contributed by atoms with Crippen molar-refractivity contribution in [2.45, 2.75) is 46.5 Å². The highest BCUT2D eigenvalue weighted by Gasteiger charge is 2.36. The molecule has 17 heavy (non-hydrogen) atoms. The van der Waals surface area contributed by atoms with Crippen molar-refractivity contribution in [2.75, 3.05) is 6.54 Å². The summed E-state index contributed by atoms with van der Waals surface area (Å²) in [6.45, 7) is 7.66. The smallest absolute Gasteiger partial charge is 0.00172 e. The Morgan fingerprint density at radius 3 is 2.41 bits per heavy atom. The predicted octanol–water partition coefficient (Wildman–Crippen LogP) is 3.61. The van der Waals surface area contributed by atoms with Gasteiger partial charge in [0.1, 0.15) is 0 Å². The summed E-state index contributed by atoms with van der Waals surface area (Å²) in [5, 5.41) is 0. The van der Waals surface area contributed by atoms with Crippen LogP contribution >= 0.6 is 0 Å². The topological polar surface area (TPSA) is 26.0 Å². The zero-order valence-electron chi connectivity index (χ0n) is 11.4. The monoisotopic (exact) mass is 231 g/mol. The molecule has 2 N–H and O–H groups in total. The minimum Gasteiger partial charge on any atom is -0.330 e. The Labute approximate surface area is 105 Å². The fraction of sp³-hybridized carbons (Fsp3) is 0.625. The third-order valence-electron chi connectivity index (χ3n) is 4.58. The van der Waals surface area contributed by atoms with Crippen LogP contribution in [0.2, 0.25) is 0 Å². The second-order valence-electron chi connectivity index (χ2n) is 6.10. The fourth-order valence-electron chi connectivity index (χ4n) is 3.42. The molecule has 1 aliphatic carbocycles. The van der Waals surface area contributed by atoms with E-state index in [1.807, 2.05) is 0 Å². The number of aryl methyl sites for hydroxylation is 2. The van der Waals surface area contributed by atoms with Crippen molar-refractivity contribution in [1.82, 2.24) is 0 Å². The molecule has 0 amide bonds. The van der Waals surface area contributed by atoms with Gasteiger partial charge in [-0.05, 0) is 67.7 Å². The molecule has 0 aliphatic heterocycles. The third-order valence-corrected chi connectivity index (χ3v) is 4.58. The molecule has 2 unspecified atom stereocenters. The summed E-state index contributed by atoms with van der Waals surface area (Å²) in [7, 11) is 0. The average Bonchev–Trinajstić information content (AvgIpc) is 2.67. The molecule has 2 rings (SSSR count). The lowest BCUT2D eigenvalue weighted by atomic mass is 9.77. The first-order valence-electron chi connectivity index (χ1n) is 6.81. The zero-order chi connectivity index (χ0) is 12.5.